The van der Waals surface area contributed by atoms with Crippen LogP contribution in [0, 0.1) is 11.3 Å². The van der Waals surface area contributed by atoms with E-state index in [-0.39, 0.29) is 11.6 Å². The number of hydrogen-bond acceptors (Lipinski definition) is 4. The molecule has 0 aliphatic rings. The number of halogens is 1. The van der Waals surface area contributed by atoms with Gasteiger partial charge in [-0.3, -0.25) is 4.79 Å². The number of rotatable bonds is 6. The molecule has 1 aromatic rings. The highest BCUT2D eigenvalue weighted by Crippen LogP contribution is 2.37. The minimum absolute atomic E-state index is 0.0354. The van der Waals surface area contributed by atoms with Crippen LogP contribution in [0.1, 0.15) is 26.3 Å². The molecule has 0 fully saturated rings. The number of nitrogens with zero attached hydrogens (tertiary/aromatic N) is 1. The van der Waals surface area contributed by atoms with Gasteiger partial charge < -0.3 is 14.8 Å². The molecular formula is C16H19BrN2O3. The van der Waals surface area contributed by atoms with E-state index < -0.39 is 5.91 Å². The monoisotopic (exact) mass is 366 g/mol. The van der Waals surface area contributed by atoms with Crippen molar-refractivity contribution in [3.8, 4) is 17.6 Å². The van der Waals surface area contributed by atoms with E-state index in [4.69, 9.17) is 14.7 Å². The van der Waals surface area contributed by atoms with Gasteiger partial charge in [-0.05, 0) is 60.5 Å². The maximum absolute atomic E-state index is 11.9. The normalized spacial score (nSPS) is 11.0. The molecule has 5 nitrogen and oxygen atoms in total. The molecule has 1 N–H and O–H groups in total. The lowest BCUT2D eigenvalue weighted by atomic mass is 10.1. The molecule has 1 amide bonds. The summed E-state index contributed by atoms with van der Waals surface area (Å²) >= 11 is 3.40. The van der Waals surface area contributed by atoms with Gasteiger partial charge in [-0.15, -0.1) is 0 Å². The fraction of sp³-hybridized carbons (Fsp3) is 0.375. The maximum atomic E-state index is 11.9. The molecular weight excluding hydrogens is 348 g/mol. The van der Waals surface area contributed by atoms with Crippen molar-refractivity contribution in [3.63, 3.8) is 0 Å². The molecule has 1 aromatic carbocycles. The zero-order valence-corrected chi connectivity index (χ0v) is 14.7. The van der Waals surface area contributed by atoms with Gasteiger partial charge in [0.05, 0.1) is 18.2 Å². The zero-order valence-electron chi connectivity index (χ0n) is 13.1. The molecule has 0 saturated heterocycles. The highest BCUT2D eigenvalue weighted by molar-refractivity contribution is 9.10. The Labute approximate surface area is 139 Å². The molecule has 0 aliphatic heterocycles. The molecule has 0 unspecified atom stereocenters. The Morgan fingerprint density at radius 2 is 2.18 bits per heavy atom. The van der Waals surface area contributed by atoms with Crippen molar-refractivity contribution in [2.45, 2.75) is 26.8 Å². The van der Waals surface area contributed by atoms with Gasteiger partial charge in [-0.25, -0.2) is 0 Å². The summed E-state index contributed by atoms with van der Waals surface area (Å²) in [7, 11) is 1.55. The van der Waals surface area contributed by atoms with Gasteiger partial charge in [0.1, 0.15) is 11.6 Å². The predicted octanol–water partition coefficient (Wildman–Crippen LogP) is 3.29. The minimum Gasteiger partial charge on any atom is -0.492 e. The number of methoxy groups -OCH3 is 1. The topological polar surface area (TPSA) is 71.3 Å². The summed E-state index contributed by atoms with van der Waals surface area (Å²) in [6.45, 7) is 6.02. The number of amides is 1. The smallest absolute Gasteiger partial charge is 0.262 e. The van der Waals surface area contributed by atoms with Crippen LogP contribution >= 0.6 is 15.9 Å². The molecule has 0 atom stereocenters. The van der Waals surface area contributed by atoms with Crippen LogP contribution in [0.4, 0.5) is 0 Å². The van der Waals surface area contributed by atoms with Crippen LogP contribution < -0.4 is 14.8 Å². The molecule has 1 rings (SSSR count). The van der Waals surface area contributed by atoms with Crippen LogP contribution in [0.2, 0.25) is 0 Å². The molecule has 0 spiro atoms. The second kappa shape index (κ2) is 8.44. The van der Waals surface area contributed by atoms with E-state index in [0.29, 0.717) is 28.1 Å². The van der Waals surface area contributed by atoms with Crippen LogP contribution in [0.25, 0.3) is 6.08 Å². The third-order valence-electron chi connectivity index (χ3n) is 2.63. The Morgan fingerprint density at radius 3 is 2.68 bits per heavy atom. The van der Waals surface area contributed by atoms with E-state index in [0.717, 1.165) is 0 Å². The Bertz CT molecular complexity index is 619. The van der Waals surface area contributed by atoms with Gasteiger partial charge in [-0.1, -0.05) is 0 Å². The highest BCUT2D eigenvalue weighted by atomic mass is 79.9. The molecule has 0 radical (unpaired) electrons. The Morgan fingerprint density at radius 1 is 1.50 bits per heavy atom. The molecule has 0 aromatic heterocycles. The minimum atomic E-state index is -0.401. The summed E-state index contributed by atoms with van der Waals surface area (Å²) in [6.07, 6.45) is 1.52. The third-order valence-corrected chi connectivity index (χ3v) is 3.22. The summed E-state index contributed by atoms with van der Waals surface area (Å²) in [6, 6.07) is 5.38. The van der Waals surface area contributed by atoms with Gasteiger partial charge in [0.2, 0.25) is 0 Å². The number of nitrogens with one attached hydrogen (secondary N) is 1. The van der Waals surface area contributed by atoms with E-state index in [1.165, 1.54) is 6.08 Å². The molecule has 0 heterocycles. The summed E-state index contributed by atoms with van der Waals surface area (Å²) in [5, 5.41) is 11.9. The lowest BCUT2D eigenvalue weighted by molar-refractivity contribution is -0.117. The standard InChI is InChI=1S/C16H19BrN2O3/c1-5-22-14-8-11(7-13(17)15(14)21-4)6-12(9-18)16(20)19-10(2)3/h6-8,10H,5H2,1-4H3,(H,19,20)/b12-6+. The largest absolute Gasteiger partial charge is 0.492 e. The lowest BCUT2D eigenvalue weighted by Gasteiger charge is -2.12. The molecule has 22 heavy (non-hydrogen) atoms. The van der Waals surface area contributed by atoms with Gasteiger partial charge in [0.15, 0.2) is 11.5 Å². The second-order valence-corrected chi connectivity index (χ2v) is 5.62. The van der Waals surface area contributed by atoms with E-state index >= 15 is 0 Å². The van der Waals surface area contributed by atoms with Crippen LogP contribution in [0.5, 0.6) is 11.5 Å². The first-order valence-electron chi connectivity index (χ1n) is 6.85. The number of ether oxygens (including phenoxy) is 2. The lowest BCUT2D eigenvalue weighted by Crippen LogP contribution is -2.30. The van der Waals surface area contributed by atoms with E-state index in [1.54, 1.807) is 19.2 Å². The van der Waals surface area contributed by atoms with E-state index in [2.05, 4.69) is 21.2 Å². The van der Waals surface area contributed by atoms with Crippen molar-refractivity contribution in [1.82, 2.24) is 5.32 Å². The average Bonchev–Trinajstić information content (AvgIpc) is 2.44. The second-order valence-electron chi connectivity index (χ2n) is 4.77. The average molecular weight is 367 g/mol. The molecule has 0 bridgehead atoms. The summed E-state index contributed by atoms with van der Waals surface area (Å²) < 4.78 is 11.5. The number of benzene rings is 1. The van der Waals surface area contributed by atoms with Crippen molar-refractivity contribution in [3.05, 3.63) is 27.7 Å². The van der Waals surface area contributed by atoms with Crippen LogP contribution in [0.3, 0.4) is 0 Å². The third kappa shape index (κ3) is 4.78. The molecule has 6 heteroatoms. The fourth-order valence-corrected chi connectivity index (χ4v) is 2.41. The highest BCUT2D eigenvalue weighted by Gasteiger charge is 2.13. The van der Waals surface area contributed by atoms with Gasteiger partial charge >= 0.3 is 0 Å². The number of hydrogen-bond donors (Lipinski definition) is 1. The first-order chi connectivity index (χ1) is 10.4. The number of carbonyl (C=O) groups excluding carboxylic acids is 1. The first kappa shape index (κ1) is 18.1. The maximum Gasteiger partial charge on any atom is 0.262 e. The van der Waals surface area contributed by atoms with Crippen molar-refractivity contribution in [1.29, 1.82) is 5.26 Å². The summed E-state index contributed by atoms with van der Waals surface area (Å²) in [4.78, 5) is 11.9. The van der Waals surface area contributed by atoms with Crippen LogP contribution in [-0.2, 0) is 4.79 Å². The van der Waals surface area contributed by atoms with Gasteiger partial charge in [0.25, 0.3) is 5.91 Å². The Hall–Kier alpha value is -2.00. The van der Waals surface area contributed by atoms with Crippen LogP contribution in [-0.4, -0.2) is 25.7 Å². The quantitative estimate of drug-likeness (QED) is 0.619. The van der Waals surface area contributed by atoms with Crippen LogP contribution in [0.15, 0.2) is 22.2 Å². The predicted molar refractivity (Wildman–Crippen MR) is 88.7 cm³/mol. The summed E-state index contributed by atoms with van der Waals surface area (Å²) in [5.74, 6) is 0.721. The molecule has 0 aliphatic carbocycles. The van der Waals surface area contributed by atoms with Gasteiger partial charge in [0, 0.05) is 6.04 Å². The first-order valence-corrected chi connectivity index (χ1v) is 7.65. The SMILES string of the molecule is CCOc1cc(/C=C(\C#N)C(=O)NC(C)C)cc(Br)c1OC. The number of nitriles is 1. The summed E-state index contributed by atoms with van der Waals surface area (Å²) in [5.41, 5.74) is 0.708. The molecule has 0 saturated carbocycles. The number of carbonyl (C=O) groups is 1. The Kier molecular flexibility index (Phi) is 6.93. The van der Waals surface area contributed by atoms with E-state index in [1.807, 2.05) is 26.8 Å². The zero-order chi connectivity index (χ0) is 16.7. The van der Waals surface area contributed by atoms with Crippen molar-refractivity contribution < 1.29 is 14.3 Å². The van der Waals surface area contributed by atoms with Crippen molar-refractivity contribution in [2.75, 3.05) is 13.7 Å². The van der Waals surface area contributed by atoms with Gasteiger partial charge in [-0.2, -0.15) is 5.26 Å². The fourth-order valence-electron chi connectivity index (χ4n) is 1.79. The van der Waals surface area contributed by atoms with E-state index in [9.17, 15) is 4.79 Å². The van der Waals surface area contributed by atoms with Crippen molar-refractivity contribution >= 4 is 27.9 Å². The van der Waals surface area contributed by atoms with Crippen molar-refractivity contribution in [2.24, 2.45) is 0 Å². The molecule has 118 valence electrons. The Balaban J connectivity index is 3.23.